The lowest BCUT2D eigenvalue weighted by molar-refractivity contribution is 1.18. The third-order valence-electron chi connectivity index (χ3n) is 13.2. The standard InChI is InChI=1S/C58H34N4/c1-2-11-41(12-3-1)61-52-19-8-7-15-46(52)50-34-38(26-30-54(50)61)36-24-28-43-39(31-36)25-29-49-45-14-6-9-20-53(45)62(57(43)49)42-27-23-35-32-40(22-21-37(35)33-42)58-59-51-18-10-17-47-44-13-4-5-16-48(44)56(60-58)55(47)51/h1-34H. The molecule has 13 aromatic rings. The predicted octanol–water partition coefficient (Wildman–Crippen LogP) is 15.1. The van der Waals surface area contributed by atoms with Gasteiger partial charge in [0.2, 0.25) is 0 Å². The molecule has 3 aromatic heterocycles. The molecule has 0 amide bonds. The van der Waals surface area contributed by atoms with Gasteiger partial charge in [-0.15, -0.1) is 0 Å². The molecular weight excluding hydrogens is 753 g/mol. The highest BCUT2D eigenvalue weighted by Crippen LogP contribution is 2.46. The lowest BCUT2D eigenvalue weighted by Gasteiger charge is -2.13. The second-order valence-electron chi connectivity index (χ2n) is 16.6. The molecule has 14 rings (SSSR count). The number of hydrogen-bond acceptors (Lipinski definition) is 2. The van der Waals surface area contributed by atoms with E-state index < -0.39 is 0 Å². The van der Waals surface area contributed by atoms with Gasteiger partial charge in [-0.3, -0.25) is 0 Å². The van der Waals surface area contributed by atoms with Crippen LogP contribution in [0.5, 0.6) is 0 Å². The van der Waals surface area contributed by atoms with Gasteiger partial charge in [0, 0.05) is 54.8 Å². The van der Waals surface area contributed by atoms with Gasteiger partial charge < -0.3 is 9.13 Å². The molecule has 0 saturated carbocycles. The lowest BCUT2D eigenvalue weighted by atomic mass is 9.98. The van der Waals surface area contributed by atoms with E-state index in [0.717, 1.165) is 39.1 Å². The minimum atomic E-state index is 0.749. The first-order valence-electron chi connectivity index (χ1n) is 21.2. The van der Waals surface area contributed by atoms with Gasteiger partial charge in [-0.05, 0) is 105 Å². The zero-order valence-corrected chi connectivity index (χ0v) is 33.4. The average molecular weight is 787 g/mol. The van der Waals surface area contributed by atoms with Gasteiger partial charge >= 0.3 is 0 Å². The van der Waals surface area contributed by atoms with Crippen molar-refractivity contribution < 1.29 is 0 Å². The number of nitrogens with zero attached hydrogens (tertiary/aromatic N) is 4. The third-order valence-corrected chi connectivity index (χ3v) is 13.2. The summed E-state index contributed by atoms with van der Waals surface area (Å²) in [4.78, 5) is 10.3. The molecule has 0 bridgehead atoms. The molecule has 62 heavy (non-hydrogen) atoms. The van der Waals surface area contributed by atoms with Crippen LogP contribution in [0.25, 0.3) is 132 Å². The topological polar surface area (TPSA) is 35.6 Å². The Morgan fingerprint density at radius 1 is 0.323 bits per heavy atom. The highest BCUT2D eigenvalue weighted by Gasteiger charge is 2.24. The van der Waals surface area contributed by atoms with Crippen LogP contribution in [0.1, 0.15) is 0 Å². The quantitative estimate of drug-likeness (QED) is 0.178. The summed E-state index contributed by atoms with van der Waals surface area (Å²) in [5.74, 6) is 0.749. The highest BCUT2D eigenvalue weighted by atomic mass is 15.0. The van der Waals surface area contributed by atoms with E-state index in [2.05, 4.69) is 215 Å². The van der Waals surface area contributed by atoms with E-state index in [-0.39, 0.29) is 0 Å². The summed E-state index contributed by atoms with van der Waals surface area (Å²) in [6.45, 7) is 0. The Hall–Kier alpha value is -8.34. The molecule has 0 spiro atoms. The van der Waals surface area contributed by atoms with E-state index in [1.807, 2.05) is 0 Å². The van der Waals surface area contributed by atoms with E-state index in [4.69, 9.17) is 9.97 Å². The van der Waals surface area contributed by atoms with Gasteiger partial charge in [0.05, 0.1) is 33.3 Å². The third kappa shape index (κ3) is 4.72. The SMILES string of the molecule is c1ccc(-n2c3ccccc3c3cc(-c4ccc5c(ccc6c7ccccc7n(-c7ccc8cc(-c9nc%10c%11c(cccc%11n9)-c9ccccc9-%10)ccc8c7)c56)c4)ccc32)cc1. The first-order chi connectivity index (χ1) is 30.7. The maximum absolute atomic E-state index is 5.19. The number of fused-ring (bicyclic) bond motifs is 12. The van der Waals surface area contributed by atoms with Crippen LogP contribution >= 0.6 is 0 Å². The molecule has 0 fully saturated rings. The Morgan fingerprint density at radius 2 is 0.952 bits per heavy atom. The summed E-state index contributed by atoms with van der Waals surface area (Å²) in [6, 6.07) is 75.1. The van der Waals surface area contributed by atoms with Gasteiger partial charge in [-0.2, -0.15) is 0 Å². The van der Waals surface area contributed by atoms with Crippen LogP contribution in [0.4, 0.5) is 0 Å². The van der Waals surface area contributed by atoms with Crippen LogP contribution in [0.15, 0.2) is 206 Å². The van der Waals surface area contributed by atoms with Crippen molar-refractivity contribution in [1.82, 2.24) is 19.1 Å². The fourth-order valence-corrected chi connectivity index (χ4v) is 10.4. The first-order valence-corrected chi connectivity index (χ1v) is 21.2. The minimum absolute atomic E-state index is 0.749. The van der Waals surface area contributed by atoms with Gasteiger partial charge in [0.1, 0.15) is 0 Å². The molecule has 4 heteroatoms. The van der Waals surface area contributed by atoms with Crippen molar-refractivity contribution in [1.29, 1.82) is 0 Å². The van der Waals surface area contributed by atoms with Crippen molar-refractivity contribution in [3.8, 4) is 56.3 Å². The number of hydrogen-bond donors (Lipinski definition) is 0. The van der Waals surface area contributed by atoms with E-state index in [0.29, 0.717) is 0 Å². The molecule has 0 aliphatic heterocycles. The van der Waals surface area contributed by atoms with Crippen LogP contribution in [0.2, 0.25) is 0 Å². The van der Waals surface area contributed by atoms with E-state index in [1.165, 1.54) is 93.3 Å². The Kier molecular flexibility index (Phi) is 6.80. The van der Waals surface area contributed by atoms with Crippen LogP contribution in [0, 0.1) is 0 Å². The number of para-hydroxylation sites is 3. The Labute approximate surface area is 356 Å². The van der Waals surface area contributed by atoms with Crippen molar-refractivity contribution in [3.63, 3.8) is 0 Å². The van der Waals surface area contributed by atoms with Crippen molar-refractivity contribution in [2.24, 2.45) is 0 Å². The number of benzene rings is 10. The van der Waals surface area contributed by atoms with Crippen molar-refractivity contribution in [2.45, 2.75) is 0 Å². The van der Waals surface area contributed by atoms with Gasteiger partial charge in [-0.25, -0.2) is 9.97 Å². The first kappa shape index (κ1) is 33.5. The maximum Gasteiger partial charge on any atom is 0.160 e. The Bertz CT molecular complexity index is 4040. The van der Waals surface area contributed by atoms with E-state index in [9.17, 15) is 0 Å². The van der Waals surface area contributed by atoms with Gasteiger partial charge in [-0.1, -0.05) is 140 Å². The molecule has 0 saturated heterocycles. The predicted molar refractivity (Wildman–Crippen MR) is 259 cm³/mol. The molecule has 0 atom stereocenters. The van der Waals surface area contributed by atoms with E-state index in [1.54, 1.807) is 0 Å². The van der Waals surface area contributed by atoms with Crippen LogP contribution in [-0.4, -0.2) is 19.1 Å². The Morgan fingerprint density at radius 3 is 1.84 bits per heavy atom. The second-order valence-corrected chi connectivity index (χ2v) is 16.6. The number of rotatable bonds is 4. The monoisotopic (exact) mass is 786 g/mol. The lowest BCUT2D eigenvalue weighted by Crippen LogP contribution is -1.95. The smallest absolute Gasteiger partial charge is 0.160 e. The molecule has 3 heterocycles. The van der Waals surface area contributed by atoms with Gasteiger partial charge in [0.15, 0.2) is 5.82 Å². The fourth-order valence-electron chi connectivity index (χ4n) is 10.4. The summed E-state index contributed by atoms with van der Waals surface area (Å²) in [6.07, 6.45) is 0. The molecule has 10 aromatic carbocycles. The molecule has 1 aliphatic carbocycles. The summed E-state index contributed by atoms with van der Waals surface area (Å²) in [7, 11) is 0. The molecule has 4 nitrogen and oxygen atoms in total. The van der Waals surface area contributed by atoms with Crippen molar-refractivity contribution in [2.75, 3.05) is 0 Å². The highest BCUT2D eigenvalue weighted by molar-refractivity contribution is 6.19. The van der Waals surface area contributed by atoms with Crippen LogP contribution < -0.4 is 0 Å². The molecular formula is C58H34N4. The fraction of sp³-hybridized carbons (Fsp3) is 0. The summed E-state index contributed by atoms with van der Waals surface area (Å²) >= 11 is 0. The van der Waals surface area contributed by atoms with Crippen molar-refractivity contribution in [3.05, 3.63) is 206 Å². The largest absolute Gasteiger partial charge is 0.309 e. The van der Waals surface area contributed by atoms with Crippen LogP contribution in [-0.2, 0) is 0 Å². The number of aromatic nitrogens is 4. The molecule has 0 radical (unpaired) electrons. The van der Waals surface area contributed by atoms with E-state index >= 15 is 0 Å². The molecule has 0 N–H and O–H groups in total. The van der Waals surface area contributed by atoms with Crippen LogP contribution in [0.3, 0.4) is 0 Å². The summed E-state index contributed by atoms with van der Waals surface area (Å²) in [5, 5.41) is 10.9. The Balaban J connectivity index is 0.890. The second kappa shape index (κ2) is 12.6. The molecule has 0 unspecified atom stereocenters. The zero-order chi connectivity index (χ0) is 40.5. The summed E-state index contributed by atoms with van der Waals surface area (Å²) in [5.41, 5.74) is 16.2. The van der Waals surface area contributed by atoms with Gasteiger partial charge in [0.25, 0.3) is 0 Å². The normalized spacial score (nSPS) is 12.2. The molecule has 286 valence electrons. The average Bonchev–Trinajstić information content (AvgIpc) is 3.98. The zero-order valence-electron chi connectivity index (χ0n) is 33.4. The maximum atomic E-state index is 5.19. The molecule has 1 aliphatic rings. The summed E-state index contributed by atoms with van der Waals surface area (Å²) < 4.78 is 4.83. The minimum Gasteiger partial charge on any atom is -0.309 e. The van der Waals surface area contributed by atoms with Crippen molar-refractivity contribution >= 4 is 76.1 Å².